The lowest BCUT2D eigenvalue weighted by Crippen LogP contribution is -2.60. The molecular weight excluding hydrogens is 943 g/mol. The van der Waals surface area contributed by atoms with Crippen molar-refractivity contribution in [2.24, 2.45) is 0 Å². The molecule has 0 spiro atoms. The topological polar surface area (TPSA) is 175 Å². The highest BCUT2D eigenvalue weighted by molar-refractivity contribution is 5.76. The summed E-state index contributed by atoms with van der Waals surface area (Å²) in [5, 5.41) is 54.4. The second-order valence-electron chi connectivity index (χ2n) is 21.4. The van der Waals surface area contributed by atoms with Crippen LogP contribution in [0.1, 0.15) is 271 Å². The first-order valence-corrected chi connectivity index (χ1v) is 31.1. The number of unbranched alkanes of at least 4 members (excludes halogenated alkanes) is 31. The van der Waals surface area contributed by atoms with Gasteiger partial charge in [0.2, 0.25) is 5.91 Å². The molecule has 0 saturated carbocycles. The maximum absolute atomic E-state index is 13.1. The van der Waals surface area contributed by atoms with Crippen molar-refractivity contribution in [1.29, 1.82) is 0 Å². The quantitative estimate of drug-likeness (QED) is 0.0195. The van der Waals surface area contributed by atoms with Crippen LogP contribution in [-0.2, 0) is 23.8 Å². The molecule has 1 heterocycles. The van der Waals surface area contributed by atoms with Gasteiger partial charge in [-0.15, -0.1) is 0 Å². The van der Waals surface area contributed by atoms with Gasteiger partial charge in [0.15, 0.2) is 6.29 Å². The Morgan fingerprint density at radius 3 is 1.44 bits per heavy atom. The first-order chi connectivity index (χ1) is 36.7. The van der Waals surface area contributed by atoms with Gasteiger partial charge in [-0.1, -0.05) is 235 Å². The second-order valence-corrected chi connectivity index (χ2v) is 21.4. The standard InChI is InChI=1S/C64H115NO10/c1-3-5-7-9-11-13-15-16-24-27-31-34-38-42-46-50-57(67)56(55-74-64-63(72)62(71)61(70)58(54-66)75-64)65-59(68)51-47-43-39-35-32-28-25-22-20-18-17-19-21-23-26-29-33-37-41-45-49-53-73-60(69)52-48-44-40-36-30-14-12-10-8-6-4-2/h10,12,29,31,33-34,41,45-46,50,56-58,61-64,66-67,70-72H,3-9,11,13-28,30,32,35-40,42-44,47-49,51-55H2,1-2H3,(H,65,68)/b12-10-,33-29-,34-31+,45-41-,50-46+. The van der Waals surface area contributed by atoms with Crippen molar-refractivity contribution in [3.8, 4) is 0 Å². The van der Waals surface area contributed by atoms with E-state index in [1.807, 2.05) is 6.08 Å². The van der Waals surface area contributed by atoms with Crippen molar-refractivity contribution in [2.45, 2.75) is 314 Å². The lowest BCUT2D eigenvalue weighted by molar-refractivity contribution is -0.302. The number of hydrogen-bond donors (Lipinski definition) is 6. The highest BCUT2D eigenvalue weighted by atomic mass is 16.7. The largest absolute Gasteiger partial charge is 0.465 e. The minimum Gasteiger partial charge on any atom is -0.465 e. The number of allylic oxidation sites excluding steroid dienone is 8. The molecule has 11 nitrogen and oxygen atoms in total. The molecule has 436 valence electrons. The van der Waals surface area contributed by atoms with Crippen LogP contribution in [0.4, 0.5) is 0 Å². The van der Waals surface area contributed by atoms with Gasteiger partial charge < -0.3 is 45.1 Å². The number of ether oxygens (including phenoxy) is 3. The number of carbonyl (C=O) groups excluding carboxylic acids is 2. The SMILES string of the molecule is CCCC/C=C\CCCCCCCC(=O)OCC/C=C\C/C=C\CCCCCCCCCCCCCCCCC(=O)NC(COC1OC(CO)C(O)C(O)C1O)C(O)/C=C/CC/C=C/CCCCCCCCCCC. The summed E-state index contributed by atoms with van der Waals surface area (Å²) in [6.07, 6.45) is 59.0. The van der Waals surface area contributed by atoms with E-state index in [0.29, 0.717) is 19.4 Å². The fraction of sp³-hybridized carbons (Fsp3) is 0.812. The molecule has 0 aromatic rings. The van der Waals surface area contributed by atoms with Gasteiger partial charge in [-0.05, 0) is 83.5 Å². The highest BCUT2D eigenvalue weighted by Crippen LogP contribution is 2.23. The maximum atomic E-state index is 13.1. The van der Waals surface area contributed by atoms with E-state index >= 15 is 0 Å². The third-order valence-electron chi connectivity index (χ3n) is 14.3. The number of nitrogens with one attached hydrogen (secondary N) is 1. The van der Waals surface area contributed by atoms with Crippen LogP contribution >= 0.6 is 0 Å². The van der Waals surface area contributed by atoms with Gasteiger partial charge in [0.1, 0.15) is 24.4 Å². The molecule has 6 N–H and O–H groups in total. The molecule has 1 fully saturated rings. The fourth-order valence-electron chi connectivity index (χ4n) is 9.39. The zero-order valence-corrected chi connectivity index (χ0v) is 48.0. The van der Waals surface area contributed by atoms with Crippen LogP contribution in [0.15, 0.2) is 60.8 Å². The van der Waals surface area contributed by atoms with E-state index in [1.165, 1.54) is 167 Å². The average Bonchev–Trinajstić information content (AvgIpc) is 3.41. The van der Waals surface area contributed by atoms with E-state index in [1.54, 1.807) is 6.08 Å². The lowest BCUT2D eigenvalue weighted by Gasteiger charge is -2.40. The zero-order valence-electron chi connectivity index (χ0n) is 48.0. The van der Waals surface area contributed by atoms with Crippen LogP contribution in [0.25, 0.3) is 0 Å². The number of rotatable bonds is 53. The molecule has 7 unspecified atom stereocenters. The van der Waals surface area contributed by atoms with Crippen LogP contribution in [-0.4, -0.2) is 100 Å². The second kappa shape index (κ2) is 53.4. The predicted octanol–water partition coefficient (Wildman–Crippen LogP) is 14.6. The van der Waals surface area contributed by atoms with Crippen molar-refractivity contribution in [3.63, 3.8) is 0 Å². The Bertz CT molecular complexity index is 1430. The molecule has 11 heteroatoms. The predicted molar refractivity (Wildman–Crippen MR) is 310 cm³/mol. The van der Waals surface area contributed by atoms with E-state index < -0.39 is 49.5 Å². The molecule has 0 aromatic heterocycles. The normalized spacial score (nSPS) is 19.2. The molecule has 75 heavy (non-hydrogen) atoms. The van der Waals surface area contributed by atoms with Crippen LogP contribution in [0.3, 0.4) is 0 Å². The molecule has 1 aliphatic rings. The number of amides is 1. The van der Waals surface area contributed by atoms with Gasteiger partial charge >= 0.3 is 5.97 Å². The summed E-state index contributed by atoms with van der Waals surface area (Å²) >= 11 is 0. The van der Waals surface area contributed by atoms with Crippen molar-refractivity contribution < 1.29 is 49.3 Å². The monoisotopic (exact) mass is 1060 g/mol. The zero-order chi connectivity index (χ0) is 54.5. The number of aliphatic hydroxyl groups excluding tert-OH is 5. The van der Waals surface area contributed by atoms with Crippen molar-refractivity contribution >= 4 is 11.9 Å². The van der Waals surface area contributed by atoms with Gasteiger partial charge in [-0.2, -0.15) is 0 Å². The molecule has 0 aromatic carbocycles. The van der Waals surface area contributed by atoms with Gasteiger partial charge in [0, 0.05) is 12.8 Å². The Kier molecular flexibility index (Phi) is 50.1. The molecule has 1 aliphatic heterocycles. The Morgan fingerprint density at radius 2 is 0.920 bits per heavy atom. The molecule has 7 atom stereocenters. The van der Waals surface area contributed by atoms with Crippen molar-refractivity contribution in [1.82, 2.24) is 5.32 Å². The summed E-state index contributed by atoms with van der Waals surface area (Å²) in [6, 6.07) is -0.833. The van der Waals surface area contributed by atoms with E-state index in [-0.39, 0.29) is 18.5 Å². The Morgan fingerprint density at radius 1 is 0.493 bits per heavy atom. The van der Waals surface area contributed by atoms with Crippen LogP contribution in [0.2, 0.25) is 0 Å². The third-order valence-corrected chi connectivity index (χ3v) is 14.3. The van der Waals surface area contributed by atoms with Crippen LogP contribution in [0.5, 0.6) is 0 Å². The van der Waals surface area contributed by atoms with Crippen molar-refractivity contribution in [2.75, 3.05) is 19.8 Å². The van der Waals surface area contributed by atoms with Crippen LogP contribution in [0, 0.1) is 0 Å². The Hall–Kier alpha value is -2.64. The number of esters is 1. The van der Waals surface area contributed by atoms with E-state index in [0.717, 1.165) is 77.0 Å². The first kappa shape index (κ1) is 70.4. The number of aliphatic hydroxyl groups is 5. The minimum absolute atomic E-state index is 0.0606. The molecule has 1 rings (SSSR count). The molecule has 0 radical (unpaired) electrons. The Balaban J connectivity index is 2.12. The van der Waals surface area contributed by atoms with Crippen LogP contribution < -0.4 is 5.32 Å². The summed E-state index contributed by atoms with van der Waals surface area (Å²) in [6.45, 7) is 4.17. The van der Waals surface area contributed by atoms with Gasteiger partial charge in [0.25, 0.3) is 0 Å². The molecular formula is C64H115NO10. The average molecular weight is 1060 g/mol. The third kappa shape index (κ3) is 43.0. The summed E-state index contributed by atoms with van der Waals surface area (Å²) in [5.74, 6) is -0.257. The number of hydrogen-bond acceptors (Lipinski definition) is 10. The van der Waals surface area contributed by atoms with Crippen molar-refractivity contribution in [3.05, 3.63) is 60.8 Å². The summed E-state index contributed by atoms with van der Waals surface area (Å²) in [5.41, 5.74) is 0. The van der Waals surface area contributed by atoms with E-state index in [2.05, 4.69) is 67.8 Å². The van der Waals surface area contributed by atoms with Gasteiger partial charge in [0.05, 0.1) is 32.0 Å². The summed E-state index contributed by atoms with van der Waals surface area (Å²) in [7, 11) is 0. The lowest BCUT2D eigenvalue weighted by atomic mass is 9.99. The fourth-order valence-corrected chi connectivity index (χ4v) is 9.39. The first-order valence-electron chi connectivity index (χ1n) is 31.1. The van der Waals surface area contributed by atoms with Gasteiger partial charge in [-0.25, -0.2) is 0 Å². The van der Waals surface area contributed by atoms with Gasteiger partial charge in [-0.3, -0.25) is 9.59 Å². The van der Waals surface area contributed by atoms with E-state index in [4.69, 9.17) is 14.2 Å². The molecule has 0 bridgehead atoms. The van der Waals surface area contributed by atoms with E-state index in [9.17, 15) is 35.1 Å². The number of carbonyl (C=O) groups is 2. The minimum atomic E-state index is -1.58. The molecule has 0 aliphatic carbocycles. The molecule has 1 amide bonds. The molecule has 1 saturated heterocycles. The highest BCUT2D eigenvalue weighted by Gasteiger charge is 2.44. The summed E-state index contributed by atoms with van der Waals surface area (Å²) < 4.78 is 16.6. The smallest absolute Gasteiger partial charge is 0.305 e. The summed E-state index contributed by atoms with van der Waals surface area (Å²) in [4.78, 5) is 25.0. The Labute approximate surface area is 458 Å². The maximum Gasteiger partial charge on any atom is 0.305 e.